The first-order valence-electron chi connectivity index (χ1n) is 3.20. The van der Waals surface area contributed by atoms with E-state index in [2.05, 4.69) is 22.8 Å². The molecule has 0 radical (unpaired) electrons. The van der Waals surface area contributed by atoms with Crippen LogP contribution in [0.4, 0.5) is 0 Å². The number of thiol groups is 1. The number of nitrogens with zero attached hydrogens (tertiary/aromatic N) is 3. The molecule has 5 nitrogen and oxygen atoms in total. The molecular weight excluding hydrogens is 230 g/mol. The average Bonchev–Trinajstić information content (AvgIpc) is 2.47. The third kappa shape index (κ3) is 3.51. The van der Waals surface area contributed by atoms with Crippen LogP contribution in [0.3, 0.4) is 0 Å². The number of aromatic nitrogens is 2. The number of carbonyl (C=O) groups is 1. The zero-order valence-electron chi connectivity index (χ0n) is 6.67. The SMILES string of the molecule is CN(O)C(=O)CSc1nnc(S)s1. The number of rotatable bonds is 3. The largest absolute Gasteiger partial charge is 0.286 e. The van der Waals surface area contributed by atoms with E-state index in [1.165, 1.54) is 30.1 Å². The lowest BCUT2D eigenvalue weighted by molar-refractivity contribution is -0.155. The lowest BCUT2D eigenvalue weighted by Crippen LogP contribution is -2.24. The van der Waals surface area contributed by atoms with Gasteiger partial charge >= 0.3 is 0 Å². The van der Waals surface area contributed by atoms with Gasteiger partial charge in [0.1, 0.15) is 0 Å². The number of thioether (sulfide) groups is 1. The van der Waals surface area contributed by atoms with E-state index in [4.69, 9.17) is 5.21 Å². The topological polar surface area (TPSA) is 66.3 Å². The zero-order chi connectivity index (χ0) is 9.84. The molecule has 72 valence electrons. The van der Waals surface area contributed by atoms with Crippen molar-refractivity contribution < 1.29 is 10.0 Å². The van der Waals surface area contributed by atoms with Crippen molar-refractivity contribution in [1.82, 2.24) is 15.3 Å². The molecule has 0 aliphatic heterocycles. The number of hydrogen-bond acceptors (Lipinski definition) is 7. The van der Waals surface area contributed by atoms with Gasteiger partial charge in [0, 0.05) is 7.05 Å². The van der Waals surface area contributed by atoms with Crippen molar-refractivity contribution in [3.63, 3.8) is 0 Å². The van der Waals surface area contributed by atoms with Crippen molar-refractivity contribution in [3.05, 3.63) is 0 Å². The molecule has 1 amide bonds. The average molecular weight is 237 g/mol. The molecule has 0 saturated heterocycles. The highest BCUT2D eigenvalue weighted by atomic mass is 32.2. The van der Waals surface area contributed by atoms with Gasteiger partial charge < -0.3 is 0 Å². The summed E-state index contributed by atoms with van der Waals surface area (Å²) < 4.78 is 1.23. The van der Waals surface area contributed by atoms with Crippen LogP contribution < -0.4 is 0 Å². The molecular formula is C5H7N3O2S3. The van der Waals surface area contributed by atoms with Gasteiger partial charge in [0.25, 0.3) is 5.91 Å². The summed E-state index contributed by atoms with van der Waals surface area (Å²) in [5.41, 5.74) is 0. The van der Waals surface area contributed by atoms with Crippen LogP contribution in [0.15, 0.2) is 8.68 Å². The summed E-state index contributed by atoms with van der Waals surface area (Å²) in [6.07, 6.45) is 0. The summed E-state index contributed by atoms with van der Waals surface area (Å²) in [5, 5.41) is 16.7. The minimum atomic E-state index is -0.374. The summed E-state index contributed by atoms with van der Waals surface area (Å²) in [7, 11) is 1.28. The molecule has 0 unspecified atom stereocenters. The first-order chi connectivity index (χ1) is 6.09. The molecule has 1 aromatic rings. The third-order valence-corrected chi connectivity index (χ3v) is 3.28. The number of hydroxylamine groups is 2. The van der Waals surface area contributed by atoms with Gasteiger partial charge in [-0.2, -0.15) is 0 Å². The van der Waals surface area contributed by atoms with E-state index in [9.17, 15) is 4.79 Å². The summed E-state index contributed by atoms with van der Waals surface area (Å²) in [6, 6.07) is 0. The maximum Gasteiger partial charge on any atom is 0.256 e. The fourth-order valence-corrected chi connectivity index (χ4v) is 2.47. The molecule has 0 fully saturated rings. The van der Waals surface area contributed by atoms with Gasteiger partial charge in [-0.1, -0.05) is 23.1 Å². The first-order valence-corrected chi connectivity index (χ1v) is 5.45. The quantitative estimate of drug-likeness (QED) is 0.352. The Balaban J connectivity index is 2.39. The Bertz CT molecular complexity index is 301. The number of carbonyl (C=O) groups excluding carboxylic acids is 1. The van der Waals surface area contributed by atoms with Crippen molar-refractivity contribution in [2.24, 2.45) is 0 Å². The minimum absolute atomic E-state index is 0.148. The highest BCUT2D eigenvalue weighted by molar-refractivity contribution is 8.01. The van der Waals surface area contributed by atoms with E-state index in [1.54, 1.807) is 0 Å². The second-order valence-corrected chi connectivity index (χ2v) is 4.98. The summed E-state index contributed by atoms with van der Waals surface area (Å²) >= 11 is 6.49. The van der Waals surface area contributed by atoms with E-state index < -0.39 is 0 Å². The highest BCUT2D eigenvalue weighted by Gasteiger charge is 2.08. The Labute approximate surface area is 88.5 Å². The lowest BCUT2D eigenvalue weighted by atomic mass is 10.7. The Morgan fingerprint density at radius 3 is 2.92 bits per heavy atom. The monoisotopic (exact) mass is 237 g/mol. The van der Waals surface area contributed by atoms with E-state index in [0.717, 1.165) is 0 Å². The normalized spacial score (nSPS) is 10.1. The van der Waals surface area contributed by atoms with Crippen molar-refractivity contribution in [2.45, 2.75) is 8.68 Å². The van der Waals surface area contributed by atoms with Gasteiger partial charge in [0.15, 0.2) is 8.68 Å². The summed E-state index contributed by atoms with van der Waals surface area (Å²) in [5.74, 6) is -0.226. The number of hydrogen-bond donors (Lipinski definition) is 2. The van der Waals surface area contributed by atoms with Crippen LogP contribution in [0.5, 0.6) is 0 Å². The first kappa shape index (κ1) is 10.8. The molecule has 0 aliphatic carbocycles. The van der Waals surface area contributed by atoms with Crippen molar-refractivity contribution in [2.75, 3.05) is 12.8 Å². The van der Waals surface area contributed by atoms with Gasteiger partial charge in [0.2, 0.25) is 0 Å². The minimum Gasteiger partial charge on any atom is -0.286 e. The van der Waals surface area contributed by atoms with Crippen molar-refractivity contribution >= 4 is 41.6 Å². The van der Waals surface area contributed by atoms with E-state index in [1.807, 2.05) is 0 Å². The predicted molar refractivity (Wildman–Crippen MR) is 52.4 cm³/mol. The second kappa shape index (κ2) is 4.80. The Kier molecular flexibility index (Phi) is 3.97. The van der Waals surface area contributed by atoms with Crippen LogP contribution in [0.25, 0.3) is 0 Å². The fraction of sp³-hybridized carbons (Fsp3) is 0.400. The maximum atomic E-state index is 10.9. The van der Waals surface area contributed by atoms with Gasteiger partial charge in [-0.05, 0) is 0 Å². The summed E-state index contributed by atoms with van der Waals surface area (Å²) in [6.45, 7) is 0. The smallest absolute Gasteiger partial charge is 0.256 e. The number of amides is 1. The molecule has 13 heavy (non-hydrogen) atoms. The maximum absolute atomic E-state index is 10.9. The molecule has 1 N–H and O–H groups in total. The molecule has 0 aromatic carbocycles. The standard InChI is InChI=1S/C5H7N3O2S3/c1-8(10)3(9)2-12-5-7-6-4(11)13-5/h10H,2H2,1H3,(H,6,11). The molecule has 0 bridgehead atoms. The Morgan fingerprint density at radius 1 is 1.77 bits per heavy atom. The molecule has 1 rings (SSSR count). The molecule has 0 spiro atoms. The highest BCUT2D eigenvalue weighted by Crippen LogP contribution is 2.23. The van der Waals surface area contributed by atoms with Gasteiger partial charge in [0.05, 0.1) is 5.75 Å². The van der Waals surface area contributed by atoms with E-state index in [0.29, 0.717) is 13.7 Å². The lowest BCUT2D eigenvalue weighted by Gasteiger charge is -2.05. The van der Waals surface area contributed by atoms with E-state index >= 15 is 0 Å². The van der Waals surface area contributed by atoms with Crippen LogP contribution >= 0.6 is 35.7 Å². The van der Waals surface area contributed by atoms with Crippen LogP contribution in [-0.2, 0) is 4.79 Å². The predicted octanol–water partition coefficient (Wildman–Crippen LogP) is 0.766. The van der Waals surface area contributed by atoms with Crippen LogP contribution in [0.2, 0.25) is 0 Å². The Morgan fingerprint density at radius 2 is 2.46 bits per heavy atom. The Hall–Kier alpha value is -0.310. The molecule has 8 heteroatoms. The second-order valence-electron chi connectivity index (χ2n) is 2.06. The van der Waals surface area contributed by atoms with Crippen molar-refractivity contribution in [1.29, 1.82) is 0 Å². The van der Waals surface area contributed by atoms with Crippen LogP contribution in [-0.4, -0.2) is 39.2 Å². The fourth-order valence-electron chi connectivity index (χ4n) is 0.478. The molecule has 0 saturated carbocycles. The molecule has 0 atom stereocenters. The van der Waals surface area contributed by atoms with Crippen LogP contribution in [0.1, 0.15) is 0 Å². The molecule has 0 aliphatic rings. The summed E-state index contributed by atoms with van der Waals surface area (Å²) in [4.78, 5) is 10.9. The van der Waals surface area contributed by atoms with Gasteiger partial charge in [-0.15, -0.1) is 22.8 Å². The van der Waals surface area contributed by atoms with Gasteiger partial charge in [-0.3, -0.25) is 10.0 Å². The molecule has 1 heterocycles. The van der Waals surface area contributed by atoms with Crippen LogP contribution in [0, 0.1) is 0 Å². The zero-order valence-corrected chi connectivity index (χ0v) is 9.20. The van der Waals surface area contributed by atoms with Crippen molar-refractivity contribution in [3.8, 4) is 0 Å². The van der Waals surface area contributed by atoms with E-state index in [-0.39, 0.29) is 11.7 Å². The third-order valence-electron chi connectivity index (χ3n) is 1.08. The van der Waals surface area contributed by atoms with Gasteiger partial charge in [-0.25, -0.2) is 5.06 Å². The molecule has 1 aromatic heterocycles.